The van der Waals surface area contributed by atoms with Crippen molar-refractivity contribution in [3.63, 3.8) is 0 Å². The highest BCUT2D eigenvalue weighted by molar-refractivity contribution is 6.42. The predicted molar refractivity (Wildman–Crippen MR) is 146 cm³/mol. The monoisotopic (exact) mass is 573 g/mol. The lowest BCUT2D eigenvalue weighted by atomic mass is 10.2. The van der Waals surface area contributed by atoms with E-state index in [1.807, 2.05) is 0 Å². The Hall–Kier alpha value is -3.37. The highest BCUT2D eigenvalue weighted by Crippen LogP contribution is 2.35. The zero-order valence-electron chi connectivity index (χ0n) is 20.2. The molecule has 12 heteroatoms. The van der Waals surface area contributed by atoms with Crippen molar-refractivity contribution in [1.29, 1.82) is 0 Å². The molecule has 1 N–H and O–H groups in total. The highest BCUT2D eigenvalue weighted by atomic mass is 35.5. The summed E-state index contributed by atoms with van der Waals surface area (Å²) in [6, 6.07) is 12.1. The minimum atomic E-state index is -0.328. The maximum absolute atomic E-state index is 12.9. The molecule has 0 spiro atoms. The number of methoxy groups -OCH3 is 1. The molecule has 0 bridgehead atoms. The SMILES string of the molecule is COc1cc2c(Nc3ccc(Cl)c(Cl)c3)ncnc2cc1OCC1CN(C(=O)c2ccc(Cl)nc2)CCO1. The smallest absolute Gasteiger partial charge is 0.255 e. The fourth-order valence-electron chi connectivity index (χ4n) is 4.02. The van der Waals surface area contributed by atoms with E-state index < -0.39 is 0 Å². The second kappa shape index (κ2) is 11.6. The van der Waals surface area contributed by atoms with Crippen LogP contribution in [-0.4, -0.2) is 65.3 Å². The first kappa shape index (κ1) is 26.2. The van der Waals surface area contributed by atoms with Crippen LogP contribution in [0, 0.1) is 0 Å². The van der Waals surface area contributed by atoms with Crippen molar-refractivity contribution < 1.29 is 19.0 Å². The molecule has 2 aromatic heterocycles. The summed E-state index contributed by atoms with van der Waals surface area (Å²) in [4.78, 5) is 27.3. The van der Waals surface area contributed by atoms with Crippen LogP contribution in [0.3, 0.4) is 0 Å². The molecule has 2 aromatic carbocycles. The quantitative estimate of drug-likeness (QED) is 0.283. The Labute approximate surface area is 233 Å². The van der Waals surface area contributed by atoms with Crippen LogP contribution in [0.15, 0.2) is 55.0 Å². The van der Waals surface area contributed by atoms with Gasteiger partial charge in [0.1, 0.15) is 30.0 Å². The van der Waals surface area contributed by atoms with Crippen LogP contribution in [0.5, 0.6) is 11.5 Å². The lowest BCUT2D eigenvalue weighted by Crippen LogP contribution is -2.47. The fourth-order valence-corrected chi connectivity index (χ4v) is 4.43. The lowest BCUT2D eigenvalue weighted by molar-refractivity contribution is -0.0403. The maximum Gasteiger partial charge on any atom is 0.255 e. The van der Waals surface area contributed by atoms with Gasteiger partial charge >= 0.3 is 0 Å². The van der Waals surface area contributed by atoms with E-state index in [4.69, 9.17) is 49.0 Å². The Morgan fingerprint density at radius 2 is 1.95 bits per heavy atom. The molecule has 196 valence electrons. The number of amides is 1. The average molecular weight is 575 g/mol. The number of benzene rings is 2. The molecule has 0 aliphatic carbocycles. The number of ether oxygens (including phenoxy) is 3. The van der Waals surface area contributed by atoms with Crippen molar-refractivity contribution in [3.05, 3.63) is 75.8 Å². The van der Waals surface area contributed by atoms with E-state index in [2.05, 4.69) is 20.3 Å². The van der Waals surface area contributed by atoms with Gasteiger partial charge in [-0.3, -0.25) is 4.79 Å². The number of anilines is 2. The normalized spacial score (nSPS) is 15.4. The number of halogens is 3. The molecule has 0 saturated carbocycles. The second-order valence-electron chi connectivity index (χ2n) is 8.42. The van der Waals surface area contributed by atoms with Crippen molar-refractivity contribution in [2.75, 3.05) is 38.7 Å². The molecule has 9 nitrogen and oxygen atoms in total. The number of carbonyl (C=O) groups excluding carboxylic acids is 1. The van der Waals surface area contributed by atoms with E-state index >= 15 is 0 Å². The molecular weight excluding hydrogens is 553 g/mol. The minimum absolute atomic E-state index is 0.135. The molecule has 1 amide bonds. The van der Waals surface area contributed by atoms with Crippen molar-refractivity contribution in [3.8, 4) is 11.5 Å². The molecular formula is C26H22Cl3N5O4. The van der Waals surface area contributed by atoms with Crippen LogP contribution < -0.4 is 14.8 Å². The fraction of sp³-hybridized carbons (Fsp3) is 0.231. The summed E-state index contributed by atoms with van der Waals surface area (Å²) < 4.78 is 17.5. The molecule has 1 atom stereocenters. The zero-order chi connectivity index (χ0) is 26.6. The van der Waals surface area contributed by atoms with Crippen LogP contribution in [0.25, 0.3) is 10.9 Å². The molecule has 38 heavy (non-hydrogen) atoms. The van der Waals surface area contributed by atoms with Crippen molar-refractivity contribution >= 4 is 63.1 Å². The number of pyridine rings is 1. The summed E-state index contributed by atoms with van der Waals surface area (Å²) in [5.74, 6) is 1.43. The summed E-state index contributed by atoms with van der Waals surface area (Å²) in [6.07, 6.45) is 2.60. The molecule has 1 aliphatic rings. The first-order valence-electron chi connectivity index (χ1n) is 11.6. The topological polar surface area (TPSA) is 98.7 Å². The van der Waals surface area contributed by atoms with Gasteiger partial charge in [0.25, 0.3) is 5.91 Å². The van der Waals surface area contributed by atoms with E-state index in [1.165, 1.54) is 12.5 Å². The Morgan fingerprint density at radius 3 is 2.71 bits per heavy atom. The van der Waals surface area contributed by atoms with Crippen molar-refractivity contribution in [1.82, 2.24) is 19.9 Å². The van der Waals surface area contributed by atoms with E-state index in [0.29, 0.717) is 63.3 Å². The summed E-state index contributed by atoms with van der Waals surface area (Å²) in [5.41, 5.74) is 1.84. The molecule has 4 aromatic rings. The Kier molecular flexibility index (Phi) is 7.99. The average Bonchev–Trinajstić information content (AvgIpc) is 2.94. The van der Waals surface area contributed by atoms with Gasteiger partial charge in [-0.25, -0.2) is 15.0 Å². The zero-order valence-corrected chi connectivity index (χ0v) is 22.4. The van der Waals surface area contributed by atoms with Crippen molar-refractivity contribution in [2.45, 2.75) is 6.10 Å². The van der Waals surface area contributed by atoms with Gasteiger partial charge in [0.05, 0.1) is 41.4 Å². The van der Waals surface area contributed by atoms with Crippen LogP contribution in [-0.2, 0) is 4.74 Å². The molecule has 1 aliphatic heterocycles. The largest absolute Gasteiger partial charge is 0.493 e. The van der Waals surface area contributed by atoms with Gasteiger partial charge in [0.15, 0.2) is 11.5 Å². The molecule has 1 unspecified atom stereocenters. The van der Waals surface area contributed by atoms with Gasteiger partial charge in [-0.05, 0) is 36.4 Å². The summed E-state index contributed by atoms with van der Waals surface area (Å²) in [6.45, 7) is 1.45. The summed E-state index contributed by atoms with van der Waals surface area (Å²) >= 11 is 18.0. The van der Waals surface area contributed by atoms with Crippen LogP contribution >= 0.6 is 34.8 Å². The predicted octanol–water partition coefficient (Wildman–Crippen LogP) is 5.66. The number of nitrogens with one attached hydrogen (secondary N) is 1. The highest BCUT2D eigenvalue weighted by Gasteiger charge is 2.26. The van der Waals surface area contributed by atoms with E-state index in [-0.39, 0.29) is 18.6 Å². The number of nitrogens with zero attached hydrogens (tertiary/aromatic N) is 4. The number of hydrogen-bond donors (Lipinski definition) is 1. The Morgan fingerprint density at radius 1 is 1.08 bits per heavy atom. The van der Waals surface area contributed by atoms with Crippen LogP contribution in [0.4, 0.5) is 11.5 Å². The molecule has 0 radical (unpaired) electrons. The number of rotatable bonds is 7. The summed E-state index contributed by atoms with van der Waals surface area (Å²) in [7, 11) is 1.56. The van der Waals surface area contributed by atoms with Gasteiger partial charge in [0, 0.05) is 29.9 Å². The lowest BCUT2D eigenvalue weighted by Gasteiger charge is -2.33. The standard InChI is InChI=1S/C26H22Cl3N5O4/c1-36-22-9-18-21(31-14-32-25(18)33-16-3-4-19(27)20(28)8-16)10-23(22)38-13-17-12-34(6-7-37-17)26(35)15-2-5-24(29)30-11-15/h2-5,8-11,14,17H,6-7,12-13H2,1H3,(H,31,32,33). The third kappa shape index (κ3) is 5.86. The third-order valence-corrected chi connectivity index (χ3v) is 6.89. The summed E-state index contributed by atoms with van der Waals surface area (Å²) in [5, 5.41) is 5.20. The maximum atomic E-state index is 12.9. The van der Waals surface area contributed by atoms with Gasteiger partial charge in [-0.2, -0.15) is 0 Å². The van der Waals surface area contributed by atoms with Gasteiger partial charge in [0.2, 0.25) is 0 Å². The minimum Gasteiger partial charge on any atom is -0.493 e. The Balaban J connectivity index is 1.30. The number of morpholine rings is 1. The second-order valence-corrected chi connectivity index (χ2v) is 9.62. The first-order chi connectivity index (χ1) is 18.4. The van der Waals surface area contributed by atoms with Crippen LogP contribution in [0.2, 0.25) is 15.2 Å². The Bertz CT molecular complexity index is 1470. The van der Waals surface area contributed by atoms with Gasteiger partial charge in [-0.15, -0.1) is 0 Å². The van der Waals surface area contributed by atoms with E-state index in [0.717, 1.165) is 11.1 Å². The molecule has 1 saturated heterocycles. The number of fused-ring (bicyclic) bond motifs is 1. The third-order valence-electron chi connectivity index (χ3n) is 5.93. The first-order valence-corrected chi connectivity index (χ1v) is 12.7. The molecule has 3 heterocycles. The number of hydrogen-bond acceptors (Lipinski definition) is 8. The van der Waals surface area contributed by atoms with E-state index in [1.54, 1.807) is 54.5 Å². The molecule has 5 rings (SSSR count). The number of aromatic nitrogens is 3. The molecule has 1 fully saturated rings. The van der Waals surface area contributed by atoms with Crippen LogP contribution in [0.1, 0.15) is 10.4 Å². The van der Waals surface area contributed by atoms with E-state index in [9.17, 15) is 4.79 Å². The van der Waals surface area contributed by atoms with Crippen molar-refractivity contribution in [2.24, 2.45) is 0 Å². The van der Waals surface area contributed by atoms with Gasteiger partial charge < -0.3 is 24.4 Å². The van der Waals surface area contributed by atoms with Gasteiger partial charge in [-0.1, -0.05) is 34.8 Å². The number of carbonyl (C=O) groups is 1.